The van der Waals surface area contributed by atoms with Crippen molar-refractivity contribution in [2.45, 2.75) is 32.4 Å². The van der Waals surface area contributed by atoms with Crippen LogP contribution in [0.4, 0.5) is 13.2 Å². The molecule has 2 aromatic rings. The normalized spacial score (nSPS) is 12.8. The van der Waals surface area contributed by atoms with Crippen LogP contribution in [0.3, 0.4) is 0 Å². The molecule has 22 heavy (non-hydrogen) atoms. The van der Waals surface area contributed by atoms with E-state index in [1.807, 2.05) is 0 Å². The van der Waals surface area contributed by atoms with Crippen LogP contribution in [0, 0.1) is 0 Å². The van der Waals surface area contributed by atoms with E-state index in [2.05, 4.69) is 10.1 Å². The Bertz CT molecular complexity index is 718. The SMILES string of the molecule is CC(C)(C)c1cc(C(F)(F)F)nn1-c1nc(Cl)c(Cl)cc1Cl. The van der Waals surface area contributed by atoms with Crippen LogP contribution in [0.25, 0.3) is 5.82 Å². The zero-order valence-electron chi connectivity index (χ0n) is 11.8. The lowest BCUT2D eigenvalue weighted by atomic mass is 9.92. The van der Waals surface area contributed by atoms with Gasteiger partial charge in [0.05, 0.1) is 15.7 Å². The molecular weight excluding hydrogens is 362 g/mol. The van der Waals surface area contributed by atoms with Gasteiger partial charge in [0.25, 0.3) is 0 Å². The van der Waals surface area contributed by atoms with E-state index >= 15 is 0 Å². The van der Waals surface area contributed by atoms with Gasteiger partial charge in [-0.2, -0.15) is 18.3 Å². The molecule has 0 atom stereocenters. The zero-order valence-corrected chi connectivity index (χ0v) is 14.0. The average molecular weight is 373 g/mol. The van der Waals surface area contributed by atoms with E-state index < -0.39 is 17.3 Å². The topological polar surface area (TPSA) is 30.7 Å². The molecule has 120 valence electrons. The van der Waals surface area contributed by atoms with Crippen molar-refractivity contribution in [1.82, 2.24) is 14.8 Å². The van der Waals surface area contributed by atoms with Crippen LogP contribution in [-0.2, 0) is 11.6 Å². The van der Waals surface area contributed by atoms with Gasteiger partial charge in [-0.15, -0.1) is 0 Å². The molecule has 0 aromatic carbocycles. The minimum atomic E-state index is -4.58. The molecule has 0 bridgehead atoms. The molecule has 9 heteroatoms. The highest BCUT2D eigenvalue weighted by Gasteiger charge is 2.37. The molecule has 2 heterocycles. The van der Waals surface area contributed by atoms with Crippen molar-refractivity contribution < 1.29 is 13.2 Å². The monoisotopic (exact) mass is 371 g/mol. The van der Waals surface area contributed by atoms with E-state index in [1.165, 1.54) is 6.07 Å². The van der Waals surface area contributed by atoms with Gasteiger partial charge in [-0.3, -0.25) is 0 Å². The van der Waals surface area contributed by atoms with Crippen molar-refractivity contribution in [3.05, 3.63) is 38.7 Å². The molecule has 0 N–H and O–H groups in total. The Morgan fingerprint density at radius 2 is 1.59 bits per heavy atom. The second-order valence-corrected chi connectivity index (χ2v) is 6.81. The van der Waals surface area contributed by atoms with Gasteiger partial charge in [0, 0.05) is 5.41 Å². The van der Waals surface area contributed by atoms with Crippen molar-refractivity contribution in [2.75, 3.05) is 0 Å². The third-order valence-electron chi connectivity index (χ3n) is 2.84. The summed E-state index contributed by atoms with van der Waals surface area (Å²) in [6, 6.07) is 2.29. The lowest BCUT2D eigenvalue weighted by Gasteiger charge is -2.20. The van der Waals surface area contributed by atoms with Crippen molar-refractivity contribution in [1.29, 1.82) is 0 Å². The summed E-state index contributed by atoms with van der Waals surface area (Å²) in [6.07, 6.45) is -4.58. The van der Waals surface area contributed by atoms with Crippen LogP contribution in [0.5, 0.6) is 0 Å². The van der Waals surface area contributed by atoms with Crippen LogP contribution in [0.1, 0.15) is 32.2 Å². The minimum absolute atomic E-state index is 0.00325. The lowest BCUT2D eigenvalue weighted by molar-refractivity contribution is -0.141. The Kier molecular flexibility index (Phi) is 4.41. The standard InChI is InChI=1S/C13H11Cl3F3N3/c1-12(2,3)9-5-8(13(17,18)19)21-22(9)11-7(15)4-6(14)10(16)20-11/h4-5H,1-3H3. The summed E-state index contributed by atoms with van der Waals surface area (Å²) in [6.45, 7) is 5.27. The highest BCUT2D eigenvalue weighted by atomic mass is 35.5. The van der Waals surface area contributed by atoms with Crippen molar-refractivity contribution in [2.24, 2.45) is 0 Å². The van der Waals surface area contributed by atoms with E-state index in [0.717, 1.165) is 10.7 Å². The van der Waals surface area contributed by atoms with Gasteiger partial charge in [0.15, 0.2) is 11.5 Å². The van der Waals surface area contributed by atoms with Gasteiger partial charge in [-0.1, -0.05) is 55.6 Å². The van der Waals surface area contributed by atoms with Gasteiger partial charge < -0.3 is 0 Å². The summed E-state index contributed by atoms with van der Waals surface area (Å²) in [4.78, 5) is 3.95. The van der Waals surface area contributed by atoms with Crippen molar-refractivity contribution >= 4 is 34.8 Å². The predicted octanol–water partition coefficient (Wildman–Crippen LogP) is 5.54. The number of rotatable bonds is 1. The fourth-order valence-corrected chi connectivity index (χ4v) is 2.37. The minimum Gasteiger partial charge on any atom is -0.217 e. The number of aromatic nitrogens is 3. The Balaban J connectivity index is 2.74. The summed E-state index contributed by atoms with van der Waals surface area (Å²) in [5.41, 5.74) is -1.35. The number of nitrogens with zero attached hydrogens (tertiary/aromatic N) is 3. The Morgan fingerprint density at radius 3 is 2.09 bits per heavy atom. The van der Waals surface area contributed by atoms with E-state index in [-0.39, 0.29) is 21.0 Å². The largest absolute Gasteiger partial charge is 0.435 e. The number of hydrogen-bond acceptors (Lipinski definition) is 2. The molecule has 0 aliphatic rings. The second-order valence-electron chi connectivity index (χ2n) is 5.64. The van der Waals surface area contributed by atoms with Crippen LogP contribution in [0.2, 0.25) is 15.2 Å². The second kappa shape index (κ2) is 5.58. The predicted molar refractivity (Wildman–Crippen MR) is 80.1 cm³/mol. The van der Waals surface area contributed by atoms with Gasteiger partial charge in [-0.25, -0.2) is 9.67 Å². The number of hydrogen-bond donors (Lipinski definition) is 0. The van der Waals surface area contributed by atoms with Gasteiger partial charge in [-0.05, 0) is 12.1 Å². The first-order valence-electron chi connectivity index (χ1n) is 6.11. The fraction of sp³-hybridized carbons (Fsp3) is 0.385. The first-order valence-corrected chi connectivity index (χ1v) is 7.24. The van der Waals surface area contributed by atoms with E-state index in [4.69, 9.17) is 34.8 Å². The molecule has 0 amide bonds. The van der Waals surface area contributed by atoms with E-state index in [0.29, 0.717) is 5.69 Å². The van der Waals surface area contributed by atoms with Gasteiger partial charge in [0.1, 0.15) is 5.15 Å². The summed E-state index contributed by atoms with van der Waals surface area (Å²) < 4.78 is 39.9. The third kappa shape index (κ3) is 3.34. The van der Waals surface area contributed by atoms with Crippen LogP contribution in [0.15, 0.2) is 12.1 Å². The Hall–Kier alpha value is -0.980. The molecule has 0 aliphatic heterocycles. The summed E-state index contributed by atoms with van der Waals surface area (Å²) >= 11 is 17.7. The quantitative estimate of drug-likeness (QED) is 0.615. The highest BCUT2D eigenvalue weighted by Crippen LogP contribution is 2.35. The first kappa shape index (κ1) is 17.4. The highest BCUT2D eigenvalue weighted by molar-refractivity contribution is 6.42. The molecular formula is C13H11Cl3F3N3. The van der Waals surface area contributed by atoms with E-state index in [9.17, 15) is 13.2 Å². The van der Waals surface area contributed by atoms with Crippen LogP contribution >= 0.6 is 34.8 Å². The molecule has 0 fully saturated rings. The summed E-state index contributed by atoms with van der Waals surface area (Å²) in [7, 11) is 0. The molecule has 0 saturated carbocycles. The maximum atomic E-state index is 13.0. The van der Waals surface area contributed by atoms with Crippen molar-refractivity contribution in [3.63, 3.8) is 0 Å². The Labute approximate surface area is 140 Å². The molecule has 0 saturated heterocycles. The van der Waals surface area contributed by atoms with Crippen LogP contribution < -0.4 is 0 Å². The van der Waals surface area contributed by atoms with Gasteiger partial charge in [0.2, 0.25) is 0 Å². The molecule has 3 nitrogen and oxygen atoms in total. The number of alkyl halides is 3. The number of halogens is 6. The molecule has 0 unspecified atom stereocenters. The van der Waals surface area contributed by atoms with E-state index in [1.54, 1.807) is 20.8 Å². The fourth-order valence-electron chi connectivity index (χ4n) is 1.80. The Morgan fingerprint density at radius 1 is 1.00 bits per heavy atom. The molecule has 0 aliphatic carbocycles. The first-order chi connectivity index (χ1) is 9.91. The molecule has 2 rings (SSSR count). The molecule has 2 aromatic heterocycles. The van der Waals surface area contributed by atoms with Crippen LogP contribution in [-0.4, -0.2) is 14.8 Å². The van der Waals surface area contributed by atoms with Gasteiger partial charge >= 0.3 is 6.18 Å². The lowest BCUT2D eigenvalue weighted by Crippen LogP contribution is -2.18. The average Bonchev–Trinajstić information content (AvgIpc) is 2.78. The molecule has 0 radical (unpaired) electrons. The molecule has 0 spiro atoms. The third-order valence-corrected chi connectivity index (χ3v) is 3.79. The maximum Gasteiger partial charge on any atom is 0.435 e. The maximum absolute atomic E-state index is 13.0. The summed E-state index contributed by atoms with van der Waals surface area (Å²) in [5, 5.41) is 3.69. The smallest absolute Gasteiger partial charge is 0.217 e. The van der Waals surface area contributed by atoms with Crippen molar-refractivity contribution in [3.8, 4) is 5.82 Å². The zero-order chi connectivity index (χ0) is 16.9. The summed E-state index contributed by atoms with van der Waals surface area (Å²) in [5.74, 6) is -0.00325. The number of pyridine rings is 1.